The summed E-state index contributed by atoms with van der Waals surface area (Å²) in [6.45, 7) is 5.36. The van der Waals surface area contributed by atoms with Gasteiger partial charge in [0.1, 0.15) is 17.3 Å². The molecule has 4 aromatic rings. The lowest BCUT2D eigenvalue weighted by Gasteiger charge is -2.36. The second-order valence-corrected chi connectivity index (χ2v) is 15.8. The normalized spacial score (nSPS) is 19.2. The van der Waals surface area contributed by atoms with Gasteiger partial charge in [-0.3, -0.25) is 29.4 Å². The number of hydrogen-bond donors (Lipinski definition) is 2. The zero-order valence-electron chi connectivity index (χ0n) is 33.0. The minimum absolute atomic E-state index is 0.0163. The topological polar surface area (TPSA) is 128 Å². The van der Waals surface area contributed by atoms with Crippen LogP contribution in [0, 0.1) is 17.6 Å². The van der Waals surface area contributed by atoms with Gasteiger partial charge in [-0.25, -0.2) is 8.78 Å². The largest absolute Gasteiger partial charge is 0.496 e. The van der Waals surface area contributed by atoms with Crippen molar-refractivity contribution in [3.8, 4) is 16.9 Å². The quantitative estimate of drug-likeness (QED) is 0.216. The van der Waals surface area contributed by atoms with Gasteiger partial charge in [-0.15, -0.1) is 0 Å². The van der Waals surface area contributed by atoms with Crippen molar-refractivity contribution in [2.75, 3.05) is 85.1 Å². The molecule has 304 valence electrons. The number of nitrogens with zero attached hydrogens (tertiary/aromatic N) is 4. The Morgan fingerprint density at radius 1 is 0.948 bits per heavy atom. The van der Waals surface area contributed by atoms with Gasteiger partial charge < -0.3 is 29.2 Å². The molecule has 58 heavy (non-hydrogen) atoms. The molecule has 2 N–H and O–H groups in total. The van der Waals surface area contributed by atoms with E-state index in [1.807, 2.05) is 30.3 Å². The van der Waals surface area contributed by atoms with Crippen LogP contribution in [0.1, 0.15) is 52.4 Å². The molecule has 14 heteroatoms. The monoisotopic (exact) mass is 794 g/mol. The Morgan fingerprint density at radius 3 is 2.43 bits per heavy atom. The number of H-pyrrole nitrogens is 1. The maximum atomic E-state index is 16.6. The van der Waals surface area contributed by atoms with Crippen molar-refractivity contribution in [3.63, 3.8) is 0 Å². The third-order valence-electron chi connectivity index (χ3n) is 11.9. The van der Waals surface area contributed by atoms with Gasteiger partial charge in [0.15, 0.2) is 5.82 Å². The smallest absolute Gasteiger partial charge is 0.269 e. The van der Waals surface area contributed by atoms with E-state index in [9.17, 15) is 19.2 Å². The molecule has 0 saturated carbocycles. The average Bonchev–Trinajstić information content (AvgIpc) is 3.66. The first-order valence-corrected chi connectivity index (χ1v) is 19.9. The fraction of sp³-hybridized carbons (Fsp3) is 0.409. The molecule has 12 nitrogen and oxygen atoms in total. The van der Waals surface area contributed by atoms with Crippen LogP contribution in [0.2, 0.25) is 0 Å². The van der Waals surface area contributed by atoms with E-state index in [-0.39, 0.29) is 59.5 Å². The summed E-state index contributed by atoms with van der Waals surface area (Å²) >= 11 is 0. The van der Waals surface area contributed by atoms with Gasteiger partial charge in [-0.05, 0) is 71.9 Å². The van der Waals surface area contributed by atoms with E-state index in [0.29, 0.717) is 84.5 Å². The number of amides is 4. The van der Waals surface area contributed by atoms with Crippen molar-refractivity contribution in [1.29, 1.82) is 0 Å². The highest BCUT2D eigenvalue weighted by Crippen LogP contribution is 2.42. The lowest BCUT2D eigenvalue weighted by Crippen LogP contribution is -2.47. The number of rotatable bonds is 10. The van der Waals surface area contributed by atoms with Gasteiger partial charge in [-0.2, -0.15) is 0 Å². The number of aromatic amines is 1. The summed E-state index contributed by atoms with van der Waals surface area (Å²) in [7, 11) is 4.90. The van der Waals surface area contributed by atoms with Crippen LogP contribution in [-0.2, 0) is 25.5 Å². The molecule has 8 rings (SSSR count). The fourth-order valence-electron chi connectivity index (χ4n) is 8.44. The number of anilines is 1. The van der Waals surface area contributed by atoms with Gasteiger partial charge in [0, 0.05) is 94.6 Å². The van der Waals surface area contributed by atoms with Crippen molar-refractivity contribution in [2.45, 2.75) is 31.6 Å². The highest BCUT2D eigenvalue weighted by Gasteiger charge is 2.33. The maximum Gasteiger partial charge on any atom is 0.269 e. The number of ether oxygens (including phenoxy) is 2. The molecule has 3 aromatic carbocycles. The minimum Gasteiger partial charge on any atom is -0.496 e. The summed E-state index contributed by atoms with van der Waals surface area (Å²) in [6, 6.07) is 14.4. The number of piperidine rings is 1. The van der Waals surface area contributed by atoms with Crippen LogP contribution >= 0.6 is 0 Å². The average molecular weight is 795 g/mol. The van der Waals surface area contributed by atoms with Crippen LogP contribution < -0.4 is 15.0 Å². The summed E-state index contributed by atoms with van der Waals surface area (Å²) < 4.78 is 43.0. The van der Waals surface area contributed by atoms with Crippen LogP contribution in [0.3, 0.4) is 0 Å². The number of carbonyl (C=O) groups is 4. The Kier molecular flexibility index (Phi) is 11.1. The molecule has 1 atom stereocenters. The van der Waals surface area contributed by atoms with Gasteiger partial charge in [0.2, 0.25) is 17.7 Å². The summed E-state index contributed by atoms with van der Waals surface area (Å²) in [6.07, 6.45) is 3.74. The molecule has 0 bridgehead atoms. The minimum atomic E-state index is -0.521. The van der Waals surface area contributed by atoms with E-state index in [0.717, 1.165) is 37.4 Å². The van der Waals surface area contributed by atoms with Crippen molar-refractivity contribution in [3.05, 3.63) is 88.6 Å². The molecular formula is C44H48F2N6O6. The van der Waals surface area contributed by atoms with Gasteiger partial charge >= 0.3 is 0 Å². The second-order valence-electron chi connectivity index (χ2n) is 15.8. The molecule has 4 amide bonds. The van der Waals surface area contributed by atoms with Crippen LogP contribution in [0.4, 0.5) is 14.5 Å². The van der Waals surface area contributed by atoms with Crippen LogP contribution in [0.25, 0.3) is 27.6 Å². The highest BCUT2D eigenvalue weighted by molar-refractivity contribution is 6.05. The standard InChI is InChI=1S/C44H48F2N6O6/c1-49(2)44(56)37-22-35-34(21-33(40(46)41(35)47-37)28-5-4-13-52(23-28)43(55)29-24-58-25-29)32-9-8-30(20-38(32)57-3)51-17-15-50(16-18-51)14-12-26-6-7-27(19-36(26)45)31-10-11-39(53)48-42(31)54/h5-9,19-22,29,31,47H,4,10-18,23-25H2,1-3H3,(H,48,53,54). The van der Waals surface area contributed by atoms with Gasteiger partial charge in [0.25, 0.3) is 5.91 Å². The summed E-state index contributed by atoms with van der Waals surface area (Å²) in [5.41, 5.74) is 5.12. The molecule has 0 radical (unpaired) electrons. The Hall–Kier alpha value is -5.60. The second kappa shape index (κ2) is 16.3. The van der Waals surface area contributed by atoms with E-state index in [4.69, 9.17) is 9.47 Å². The summed E-state index contributed by atoms with van der Waals surface area (Å²) in [5.74, 6) is -1.86. The number of methoxy groups -OCH3 is 1. The van der Waals surface area contributed by atoms with Crippen molar-refractivity contribution >= 4 is 45.8 Å². The van der Waals surface area contributed by atoms with Crippen LogP contribution in [-0.4, -0.2) is 124 Å². The third kappa shape index (κ3) is 7.70. The van der Waals surface area contributed by atoms with Crippen molar-refractivity contribution in [1.82, 2.24) is 25.0 Å². The van der Waals surface area contributed by atoms with E-state index < -0.39 is 11.7 Å². The van der Waals surface area contributed by atoms with Crippen LogP contribution in [0.5, 0.6) is 5.75 Å². The van der Waals surface area contributed by atoms with E-state index >= 15 is 8.78 Å². The van der Waals surface area contributed by atoms with E-state index in [2.05, 4.69) is 20.1 Å². The number of hydrogen-bond acceptors (Lipinski definition) is 8. The van der Waals surface area contributed by atoms with E-state index in [1.165, 1.54) is 11.0 Å². The molecular weight excluding hydrogens is 747 g/mol. The number of halogens is 2. The molecule has 4 aliphatic heterocycles. The van der Waals surface area contributed by atoms with Crippen LogP contribution in [0.15, 0.2) is 54.6 Å². The number of carbonyl (C=O) groups excluding carboxylic acids is 4. The molecule has 1 unspecified atom stereocenters. The van der Waals surface area contributed by atoms with Gasteiger partial charge in [-0.1, -0.05) is 18.2 Å². The van der Waals surface area contributed by atoms with E-state index in [1.54, 1.807) is 44.3 Å². The van der Waals surface area contributed by atoms with Gasteiger partial charge in [0.05, 0.1) is 37.7 Å². The number of nitrogens with one attached hydrogen (secondary N) is 2. The molecule has 0 aliphatic carbocycles. The first-order chi connectivity index (χ1) is 28.0. The first-order valence-electron chi connectivity index (χ1n) is 19.9. The lowest BCUT2D eigenvalue weighted by molar-refractivity contribution is -0.149. The Bertz CT molecular complexity index is 2310. The summed E-state index contributed by atoms with van der Waals surface area (Å²) in [4.78, 5) is 60.9. The number of aromatic nitrogens is 1. The maximum absolute atomic E-state index is 16.6. The van der Waals surface area contributed by atoms with Crippen molar-refractivity contribution in [2.24, 2.45) is 5.92 Å². The third-order valence-corrected chi connectivity index (χ3v) is 11.9. The predicted octanol–water partition coefficient (Wildman–Crippen LogP) is 4.97. The number of imide groups is 1. The number of benzene rings is 3. The predicted molar refractivity (Wildman–Crippen MR) is 216 cm³/mol. The lowest BCUT2D eigenvalue weighted by atomic mass is 9.89. The Labute approximate surface area is 335 Å². The highest BCUT2D eigenvalue weighted by atomic mass is 19.1. The number of fused-ring (bicyclic) bond motifs is 1. The summed E-state index contributed by atoms with van der Waals surface area (Å²) in [5, 5.41) is 2.89. The SMILES string of the molecule is COc1cc(N2CCN(CCc3ccc(C4CCC(=O)NC4=O)cc3F)CC2)ccc1-c1cc(C2=CCCN(C(=O)C3COC3)C2)c(F)c2[nH]c(C(=O)N(C)C)cc12. The number of piperazine rings is 1. The zero-order chi connectivity index (χ0) is 40.7. The van der Waals surface area contributed by atoms with Crippen molar-refractivity contribution < 1.29 is 37.4 Å². The molecule has 4 aliphatic rings. The first kappa shape index (κ1) is 39.2. The molecule has 1 aromatic heterocycles. The molecule has 3 fully saturated rings. The Morgan fingerprint density at radius 2 is 1.74 bits per heavy atom. The Balaban J connectivity index is 0.996. The molecule has 0 spiro atoms. The molecule has 5 heterocycles. The zero-order valence-corrected chi connectivity index (χ0v) is 33.0. The molecule has 3 saturated heterocycles. The fourth-order valence-corrected chi connectivity index (χ4v) is 8.44.